The molecule has 0 radical (unpaired) electrons. The number of para-hydroxylation sites is 1. The molecule has 1 aromatic heterocycles. The summed E-state index contributed by atoms with van der Waals surface area (Å²) in [5.41, 5.74) is 2.66. The molecule has 0 aliphatic carbocycles. The Kier molecular flexibility index (Phi) is 6.73. The van der Waals surface area contributed by atoms with Gasteiger partial charge in [0.15, 0.2) is 0 Å². The Labute approximate surface area is 127 Å². The minimum absolute atomic E-state index is 0.739. The zero-order chi connectivity index (χ0) is 14.9. The van der Waals surface area contributed by atoms with E-state index in [2.05, 4.69) is 47.3 Å². The fourth-order valence-electron chi connectivity index (χ4n) is 2.50. The van der Waals surface area contributed by atoms with E-state index in [0.29, 0.717) is 0 Å². The summed E-state index contributed by atoms with van der Waals surface area (Å²) in [6, 6.07) is 8.66. The van der Waals surface area contributed by atoms with E-state index in [1.54, 1.807) is 7.11 Å². The minimum atomic E-state index is 0.739. The highest BCUT2D eigenvalue weighted by Crippen LogP contribution is 2.20. The Morgan fingerprint density at radius 3 is 2.86 bits per heavy atom. The molecule has 116 valence electrons. The normalized spacial score (nSPS) is 11.3. The van der Waals surface area contributed by atoms with E-state index in [9.17, 15) is 0 Å². The van der Waals surface area contributed by atoms with Gasteiger partial charge in [0.1, 0.15) is 0 Å². The molecule has 21 heavy (non-hydrogen) atoms. The molecule has 0 aliphatic heterocycles. The van der Waals surface area contributed by atoms with Gasteiger partial charge < -0.3 is 19.4 Å². The average Bonchev–Trinajstić information content (AvgIpc) is 2.92. The zero-order valence-corrected chi connectivity index (χ0v) is 13.1. The molecule has 0 amide bonds. The first-order valence-corrected chi connectivity index (χ1v) is 7.71. The van der Waals surface area contributed by atoms with E-state index in [1.165, 1.54) is 16.5 Å². The van der Waals surface area contributed by atoms with Crippen LogP contribution < -0.4 is 5.32 Å². The Morgan fingerprint density at radius 1 is 1.14 bits per heavy atom. The average molecular weight is 290 g/mol. The third-order valence-electron chi connectivity index (χ3n) is 3.55. The van der Waals surface area contributed by atoms with E-state index in [1.807, 2.05) is 0 Å². The van der Waals surface area contributed by atoms with E-state index in [-0.39, 0.29) is 0 Å². The summed E-state index contributed by atoms with van der Waals surface area (Å²) in [5, 5.41) is 4.70. The van der Waals surface area contributed by atoms with Crippen molar-refractivity contribution in [2.24, 2.45) is 0 Å². The monoisotopic (exact) mass is 290 g/mol. The van der Waals surface area contributed by atoms with Gasteiger partial charge in [0, 0.05) is 39.6 Å². The molecule has 2 rings (SSSR count). The number of methoxy groups -OCH3 is 1. The van der Waals surface area contributed by atoms with Crippen molar-refractivity contribution >= 4 is 10.9 Å². The standard InChI is InChI=1S/C17H26N2O2/c1-3-18-14-16-7-4-6-15-8-9-19(17(15)16)10-13-21-12-5-11-20-2/h4,6-9,18H,3,5,10-14H2,1-2H3. The number of benzene rings is 1. The molecule has 0 bridgehead atoms. The molecule has 0 unspecified atom stereocenters. The first-order chi connectivity index (χ1) is 10.4. The SMILES string of the molecule is CCNCc1cccc2ccn(CCOCCCOC)c12. The van der Waals surface area contributed by atoms with Crippen LogP contribution in [-0.2, 0) is 22.6 Å². The van der Waals surface area contributed by atoms with Gasteiger partial charge in [-0.15, -0.1) is 0 Å². The van der Waals surface area contributed by atoms with Gasteiger partial charge in [-0.1, -0.05) is 25.1 Å². The molecule has 0 atom stereocenters. The lowest BCUT2D eigenvalue weighted by atomic mass is 10.1. The molecule has 4 heteroatoms. The van der Waals surface area contributed by atoms with Crippen molar-refractivity contribution in [2.45, 2.75) is 26.4 Å². The van der Waals surface area contributed by atoms with Crippen molar-refractivity contribution in [1.82, 2.24) is 9.88 Å². The molecule has 0 saturated carbocycles. The molecule has 1 N–H and O–H groups in total. The molecule has 4 nitrogen and oxygen atoms in total. The number of fused-ring (bicyclic) bond motifs is 1. The maximum atomic E-state index is 5.66. The highest BCUT2D eigenvalue weighted by molar-refractivity contribution is 5.83. The third kappa shape index (κ3) is 4.56. The summed E-state index contributed by atoms with van der Waals surface area (Å²) in [5.74, 6) is 0. The summed E-state index contributed by atoms with van der Waals surface area (Å²) in [7, 11) is 1.72. The summed E-state index contributed by atoms with van der Waals surface area (Å²) in [6.45, 7) is 7.18. The summed E-state index contributed by atoms with van der Waals surface area (Å²) in [4.78, 5) is 0. The Bertz CT molecular complexity index is 537. The Balaban J connectivity index is 1.96. The lowest BCUT2D eigenvalue weighted by Crippen LogP contribution is -2.13. The smallest absolute Gasteiger partial charge is 0.0645 e. The van der Waals surface area contributed by atoms with Crippen LogP contribution in [-0.4, -0.2) is 38.0 Å². The van der Waals surface area contributed by atoms with Crippen LogP contribution in [0, 0.1) is 0 Å². The van der Waals surface area contributed by atoms with Crippen molar-refractivity contribution in [3.8, 4) is 0 Å². The summed E-state index contributed by atoms with van der Waals surface area (Å²) < 4.78 is 13.0. The number of hydrogen-bond acceptors (Lipinski definition) is 3. The molecule has 0 aliphatic rings. The molecule has 0 spiro atoms. The van der Waals surface area contributed by atoms with Gasteiger partial charge >= 0.3 is 0 Å². The van der Waals surface area contributed by atoms with Gasteiger partial charge in [0.05, 0.1) is 12.1 Å². The second kappa shape index (κ2) is 8.82. The number of hydrogen-bond donors (Lipinski definition) is 1. The number of aromatic nitrogens is 1. The number of rotatable bonds is 10. The Hall–Kier alpha value is -1.36. The quantitative estimate of drug-likeness (QED) is 0.683. The largest absolute Gasteiger partial charge is 0.385 e. The van der Waals surface area contributed by atoms with Crippen molar-refractivity contribution in [1.29, 1.82) is 0 Å². The first kappa shape index (κ1) is 16.0. The van der Waals surface area contributed by atoms with Crippen molar-refractivity contribution in [3.05, 3.63) is 36.0 Å². The van der Waals surface area contributed by atoms with Gasteiger partial charge in [-0.3, -0.25) is 0 Å². The van der Waals surface area contributed by atoms with Crippen LogP contribution in [0.2, 0.25) is 0 Å². The fourth-order valence-corrected chi connectivity index (χ4v) is 2.50. The van der Waals surface area contributed by atoms with Crippen LogP contribution >= 0.6 is 0 Å². The predicted molar refractivity (Wildman–Crippen MR) is 86.6 cm³/mol. The summed E-state index contributed by atoms with van der Waals surface area (Å²) in [6.07, 6.45) is 3.10. The van der Waals surface area contributed by atoms with E-state index in [4.69, 9.17) is 9.47 Å². The van der Waals surface area contributed by atoms with E-state index in [0.717, 1.165) is 45.9 Å². The first-order valence-electron chi connectivity index (χ1n) is 7.71. The van der Waals surface area contributed by atoms with Crippen molar-refractivity contribution < 1.29 is 9.47 Å². The summed E-state index contributed by atoms with van der Waals surface area (Å²) >= 11 is 0. The topological polar surface area (TPSA) is 35.4 Å². The molecule has 1 heterocycles. The third-order valence-corrected chi connectivity index (χ3v) is 3.55. The lowest BCUT2D eigenvalue weighted by molar-refractivity contribution is 0.0982. The molecule has 0 fully saturated rings. The zero-order valence-electron chi connectivity index (χ0n) is 13.1. The van der Waals surface area contributed by atoms with Gasteiger partial charge in [-0.25, -0.2) is 0 Å². The number of nitrogens with zero attached hydrogens (tertiary/aromatic N) is 1. The van der Waals surface area contributed by atoms with Gasteiger partial charge in [0.2, 0.25) is 0 Å². The number of nitrogens with one attached hydrogen (secondary N) is 1. The van der Waals surface area contributed by atoms with Crippen LogP contribution in [0.5, 0.6) is 0 Å². The second-order valence-corrected chi connectivity index (χ2v) is 5.10. The van der Waals surface area contributed by atoms with Gasteiger partial charge in [-0.2, -0.15) is 0 Å². The number of ether oxygens (including phenoxy) is 2. The lowest BCUT2D eigenvalue weighted by Gasteiger charge is -2.11. The molecule has 1 aromatic carbocycles. The van der Waals surface area contributed by atoms with Gasteiger partial charge in [-0.05, 0) is 30.0 Å². The fraction of sp³-hybridized carbons (Fsp3) is 0.529. The molecule has 0 saturated heterocycles. The van der Waals surface area contributed by atoms with Crippen LogP contribution in [0.1, 0.15) is 18.9 Å². The van der Waals surface area contributed by atoms with Crippen molar-refractivity contribution in [3.63, 3.8) is 0 Å². The highest BCUT2D eigenvalue weighted by Gasteiger charge is 2.06. The molecular formula is C17H26N2O2. The van der Waals surface area contributed by atoms with E-state index < -0.39 is 0 Å². The Morgan fingerprint density at radius 2 is 2.05 bits per heavy atom. The van der Waals surface area contributed by atoms with E-state index >= 15 is 0 Å². The molecular weight excluding hydrogens is 264 g/mol. The van der Waals surface area contributed by atoms with Crippen LogP contribution in [0.4, 0.5) is 0 Å². The highest BCUT2D eigenvalue weighted by atomic mass is 16.5. The van der Waals surface area contributed by atoms with Crippen molar-refractivity contribution in [2.75, 3.05) is 33.5 Å². The predicted octanol–water partition coefficient (Wildman–Crippen LogP) is 2.80. The maximum Gasteiger partial charge on any atom is 0.0645 e. The van der Waals surface area contributed by atoms with Crippen LogP contribution in [0.25, 0.3) is 10.9 Å². The minimum Gasteiger partial charge on any atom is -0.385 e. The van der Waals surface area contributed by atoms with Gasteiger partial charge in [0.25, 0.3) is 0 Å². The van der Waals surface area contributed by atoms with Crippen LogP contribution in [0.15, 0.2) is 30.5 Å². The van der Waals surface area contributed by atoms with Crippen LogP contribution in [0.3, 0.4) is 0 Å². The molecule has 2 aromatic rings. The second-order valence-electron chi connectivity index (χ2n) is 5.10. The maximum absolute atomic E-state index is 5.66.